The number of rotatable bonds is 6. The van der Waals surface area contributed by atoms with Gasteiger partial charge in [-0.25, -0.2) is 0 Å². The summed E-state index contributed by atoms with van der Waals surface area (Å²) in [6.45, 7) is 6.36. The predicted octanol–water partition coefficient (Wildman–Crippen LogP) is 1.39. The second kappa shape index (κ2) is 6.61. The third-order valence-electron chi connectivity index (χ3n) is 2.10. The molecular formula is C9H21NOS. The summed E-state index contributed by atoms with van der Waals surface area (Å²) in [4.78, 5) is 0. The van der Waals surface area contributed by atoms with Crippen molar-refractivity contribution in [2.24, 2.45) is 5.92 Å². The Labute approximate surface area is 78.6 Å². The Balaban J connectivity index is 3.59. The maximum absolute atomic E-state index is 11.5. The molecule has 0 aliphatic rings. The van der Waals surface area contributed by atoms with E-state index in [1.807, 2.05) is 7.05 Å². The SMILES string of the molecule is CCC(C)CS(=O)CC(C)NC. The molecule has 0 rings (SSSR count). The molecule has 74 valence electrons. The molecule has 0 aliphatic carbocycles. The smallest absolute Gasteiger partial charge is 0.0386 e. The minimum atomic E-state index is -0.642. The van der Waals surface area contributed by atoms with Crippen molar-refractivity contribution in [1.29, 1.82) is 0 Å². The van der Waals surface area contributed by atoms with Crippen LogP contribution in [0.5, 0.6) is 0 Å². The molecule has 0 aromatic rings. The Hall–Kier alpha value is 0.110. The van der Waals surface area contributed by atoms with Crippen molar-refractivity contribution in [2.75, 3.05) is 18.6 Å². The van der Waals surface area contributed by atoms with Crippen LogP contribution in [0, 0.1) is 5.92 Å². The quantitative estimate of drug-likeness (QED) is 0.687. The molecule has 0 saturated carbocycles. The van der Waals surface area contributed by atoms with Crippen molar-refractivity contribution in [3.63, 3.8) is 0 Å². The molecule has 3 heteroatoms. The van der Waals surface area contributed by atoms with Crippen LogP contribution in [0.25, 0.3) is 0 Å². The first-order valence-electron chi connectivity index (χ1n) is 4.62. The van der Waals surface area contributed by atoms with Crippen molar-refractivity contribution in [3.8, 4) is 0 Å². The fourth-order valence-corrected chi connectivity index (χ4v) is 2.60. The maximum Gasteiger partial charge on any atom is 0.0386 e. The topological polar surface area (TPSA) is 29.1 Å². The molecule has 1 N–H and O–H groups in total. The molecule has 0 fully saturated rings. The average Bonchev–Trinajstić information content (AvgIpc) is 2.03. The van der Waals surface area contributed by atoms with Gasteiger partial charge in [-0.1, -0.05) is 20.3 Å². The molecule has 0 aromatic heterocycles. The zero-order valence-corrected chi connectivity index (χ0v) is 9.41. The van der Waals surface area contributed by atoms with E-state index in [-0.39, 0.29) is 0 Å². The van der Waals surface area contributed by atoms with E-state index < -0.39 is 10.8 Å². The molecule has 0 aromatic carbocycles. The van der Waals surface area contributed by atoms with Gasteiger partial charge in [0.2, 0.25) is 0 Å². The second-order valence-corrected chi connectivity index (χ2v) is 5.02. The monoisotopic (exact) mass is 191 g/mol. The minimum Gasteiger partial charge on any atom is -0.316 e. The van der Waals surface area contributed by atoms with E-state index in [0.717, 1.165) is 17.9 Å². The molecule has 0 radical (unpaired) electrons. The second-order valence-electron chi connectivity index (χ2n) is 3.48. The first kappa shape index (κ1) is 12.1. The Morgan fingerprint density at radius 3 is 2.33 bits per heavy atom. The summed E-state index contributed by atoms with van der Waals surface area (Å²) in [5, 5.41) is 3.09. The van der Waals surface area contributed by atoms with Crippen LogP contribution in [0.4, 0.5) is 0 Å². The van der Waals surface area contributed by atoms with E-state index >= 15 is 0 Å². The molecule has 0 amide bonds. The van der Waals surface area contributed by atoms with Crippen LogP contribution in [0.15, 0.2) is 0 Å². The van der Waals surface area contributed by atoms with E-state index in [0.29, 0.717) is 12.0 Å². The van der Waals surface area contributed by atoms with Crippen molar-refractivity contribution in [3.05, 3.63) is 0 Å². The lowest BCUT2D eigenvalue weighted by Crippen LogP contribution is -2.29. The molecule has 12 heavy (non-hydrogen) atoms. The zero-order valence-electron chi connectivity index (χ0n) is 8.59. The first-order chi connectivity index (χ1) is 5.60. The standard InChI is InChI=1S/C9H21NOS/c1-5-8(2)6-12(11)7-9(3)10-4/h8-10H,5-7H2,1-4H3. The molecule has 2 nitrogen and oxygen atoms in total. The highest BCUT2D eigenvalue weighted by molar-refractivity contribution is 7.85. The first-order valence-corrected chi connectivity index (χ1v) is 6.11. The van der Waals surface area contributed by atoms with Crippen LogP contribution < -0.4 is 5.32 Å². The van der Waals surface area contributed by atoms with Crippen LogP contribution in [-0.4, -0.2) is 28.8 Å². The Bertz CT molecular complexity index is 124. The van der Waals surface area contributed by atoms with Gasteiger partial charge in [-0.2, -0.15) is 0 Å². The van der Waals surface area contributed by atoms with E-state index in [1.54, 1.807) is 0 Å². The molecule has 0 saturated heterocycles. The molecular weight excluding hydrogens is 170 g/mol. The normalized spacial score (nSPS) is 18.7. The summed E-state index contributed by atoms with van der Waals surface area (Å²) >= 11 is 0. The van der Waals surface area contributed by atoms with Crippen LogP contribution in [-0.2, 0) is 10.8 Å². The average molecular weight is 191 g/mol. The van der Waals surface area contributed by atoms with Crippen molar-refractivity contribution in [1.82, 2.24) is 5.32 Å². The summed E-state index contributed by atoms with van der Waals surface area (Å²) in [6.07, 6.45) is 1.12. The lowest BCUT2D eigenvalue weighted by atomic mass is 10.2. The highest BCUT2D eigenvalue weighted by Crippen LogP contribution is 2.03. The lowest BCUT2D eigenvalue weighted by molar-refractivity contribution is 0.605. The van der Waals surface area contributed by atoms with Gasteiger partial charge >= 0.3 is 0 Å². The van der Waals surface area contributed by atoms with Crippen molar-refractivity contribution >= 4 is 10.8 Å². The summed E-state index contributed by atoms with van der Waals surface area (Å²) in [7, 11) is 1.27. The highest BCUT2D eigenvalue weighted by Gasteiger charge is 2.08. The van der Waals surface area contributed by atoms with Crippen molar-refractivity contribution < 1.29 is 4.21 Å². The van der Waals surface area contributed by atoms with E-state index in [2.05, 4.69) is 26.1 Å². The third kappa shape index (κ3) is 5.72. The lowest BCUT2D eigenvalue weighted by Gasteiger charge is -2.12. The maximum atomic E-state index is 11.5. The molecule has 3 atom stereocenters. The van der Waals surface area contributed by atoms with E-state index in [4.69, 9.17) is 0 Å². The van der Waals surface area contributed by atoms with Gasteiger partial charge in [-0.15, -0.1) is 0 Å². The fraction of sp³-hybridized carbons (Fsp3) is 1.00. The summed E-state index contributed by atoms with van der Waals surface area (Å²) in [5.41, 5.74) is 0. The van der Waals surface area contributed by atoms with E-state index in [1.165, 1.54) is 0 Å². The molecule has 0 heterocycles. The molecule has 0 spiro atoms. The van der Waals surface area contributed by atoms with Gasteiger partial charge in [0, 0.05) is 28.3 Å². The van der Waals surface area contributed by atoms with Gasteiger partial charge < -0.3 is 5.32 Å². The van der Waals surface area contributed by atoms with Crippen LogP contribution >= 0.6 is 0 Å². The van der Waals surface area contributed by atoms with Gasteiger partial charge in [0.1, 0.15) is 0 Å². The summed E-state index contributed by atoms with van der Waals surface area (Å²) in [6, 6.07) is 0.370. The number of hydrogen-bond donors (Lipinski definition) is 1. The summed E-state index contributed by atoms with van der Waals surface area (Å²) in [5.74, 6) is 2.22. The molecule has 0 aliphatic heterocycles. The largest absolute Gasteiger partial charge is 0.316 e. The molecule has 0 bridgehead atoms. The fourth-order valence-electron chi connectivity index (χ4n) is 0.865. The van der Waals surface area contributed by atoms with Gasteiger partial charge in [-0.3, -0.25) is 4.21 Å². The number of nitrogens with one attached hydrogen (secondary N) is 1. The van der Waals surface area contributed by atoms with Crippen molar-refractivity contribution in [2.45, 2.75) is 33.2 Å². The van der Waals surface area contributed by atoms with Crippen LogP contribution in [0.2, 0.25) is 0 Å². The Morgan fingerprint density at radius 2 is 1.92 bits per heavy atom. The third-order valence-corrected chi connectivity index (χ3v) is 3.91. The van der Waals surface area contributed by atoms with Crippen LogP contribution in [0.1, 0.15) is 27.2 Å². The number of hydrogen-bond acceptors (Lipinski definition) is 2. The predicted molar refractivity (Wildman–Crippen MR) is 55.9 cm³/mol. The highest BCUT2D eigenvalue weighted by atomic mass is 32.2. The molecule has 3 unspecified atom stereocenters. The van der Waals surface area contributed by atoms with Gasteiger partial charge in [-0.05, 0) is 19.9 Å². The Morgan fingerprint density at radius 1 is 1.33 bits per heavy atom. The van der Waals surface area contributed by atoms with Gasteiger partial charge in [0.05, 0.1) is 0 Å². The van der Waals surface area contributed by atoms with Crippen LogP contribution in [0.3, 0.4) is 0 Å². The summed E-state index contributed by atoms with van der Waals surface area (Å²) < 4.78 is 11.5. The van der Waals surface area contributed by atoms with Gasteiger partial charge in [0.15, 0.2) is 0 Å². The van der Waals surface area contributed by atoms with E-state index in [9.17, 15) is 4.21 Å². The van der Waals surface area contributed by atoms with Gasteiger partial charge in [0.25, 0.3) is 0 Å². The Kier molecular flexibility index (Phi) is 6.67. The minimum absolute atomic E-state index is 0.370. The zero-order chi connectivity index (χ0) is 9.56.